The van der Waals surface area contributed by atoms with E-state index in [1.165, 1.54) is 11.4 Å². The Balaban J connectivity index is 3.14. The summed E-state index contributed by atoms with van der Waals surface area (Å²) in [4.78, 5) is 0.229. The molecule has 0 aliphatic carbocycles. The number of halogens is 1. The summed E-state index contributed by atoms with van der Waals surface area (Å²) in [5.74, 6) is 0. The fourth-order valence-corrected chi connectivity index (χ4v) is 3.32. The van der Waals surface area contributed by atoms with Crippen LogP contribution >= 0.6 is 15.9 Å². The zero-order valence-electron chi connectivity index (χ0n) is 10.5. The van der Waals surface area contributed by atoms with Gasteiger partial charge in [-0.25, -0.2) is 8.42 Å². The predicted molar refractivity (Wildman–Crippen MR) is 73.5 cm³/mol. The number of hydrogen-bond acceptors (Lipinski definition) is 3. The molecule has 0 aliphatic heterocycles. The van der Waals surface area contributed by atoms with E-state index in [9.17, 15) is 8.42 Å². The third-order valence-electron chi connectivity index (χ3n) is 2.83. The molecule has 0 saturated heterocycles. The van der Waals surface area contributed by atoms with Crippen LogP contribution in [0.25, 0.3) is 0 Å². The normalized spacial score (nSPS) is 13.3. The third-order valence-corrected chi connectivity index (χ3v) is 5.65. The van der Waals surface area contributed by atoms with Gasteiger partial charge < -0.3 is 0 Å². The number of rotatable bonds is 4. The molecule has 0 aromatic heterocycles. The van der Waals surface area contributed by atoms with Crippen LogP contribution in [0.2, 0.25) is 0 Å². The van der Waals surface area contributed by atoms with E-state index in [1.807, 2.05) is 13.0 Å². The Labute approximate surface area is 116 Å². The molecule has 1 aromatic carbocycles. The van der Waals surface area contributed by atoms with Crippen molar-refractivity contribution in [2.45, 2.75) is 31.2 Å². The lowest BCUT2D eigenvalue weighted by molar-refractivity contribution is 0.393. The lowest BCUT2D eigenvalue weighted by atomic mass is 10.2. The van der Waals surface area contributed by atoms with Crippen molar-refractivity contribution in [1.29, 1.82) is 5.26 Å². The third kappa shape index (κ3) is 3.10. The molecular weight excluding hydrogens is 316 g/mol. The summed E-state index contributed by atoms with van der Waals surface area (Å²) >= 11 is 3.32. The van der Waals surface area contributed by atoms with E-state index >= 15 is 0 Å². The summed E-state index contributed by atoms with van der Waals surface area (Å²) in [5, 5.41) is 8.62. The fourth-order valence-electron chi connectivity index (χ4n) is 1.40. The molecule has 0 saturated carbocycles. The van der Waals surface area contributed by atoms with Crippen molar-refractivity contribution in [1.82, 2.24) is 4.31 Å². The molecule has 6 heteroatoms. The van der Waals surface area contributed by atoms with Crippen molar-refractivity contribution in [2.24, 2.45) is 0 Å². The largest absolute Gasteiger partial charge is 0.243 e. The van der Waals surface area contributed by atoms with E-state index in [0.717, 1.165) is 10.0 Å². The molecule has 1 atom stereocenters. The summed E-state index contributed by atoms with van der Waals surface area (Å²) < 4.78 is 26.6. The Morgan fingerprint density at radius 3 is 2.61 bits per heavy atom. The monoisotopic (exact) mass is 330 g/mol. The highest BCUT2D eigenvalue weighted by molar-refractivity contribution is 9.10. The molecule has 98 valence electrons. The van der Waals surface area contributed by atoms with E-state index in [2.05, 4.69) is 15.9 Å². The van der Waals surface area contributed by atoms with Crippen molar-refractivity contribution < 1.29 is 8.42 Å². The molecule has 18 heavy (non-hydrogen) atoms. The minimum Gasteiger partial charge on any atom is -0.207 e. The quantitative estimate of drug-likeness (QED) is 0.852. The summed E-state index contributed by atoms with van der Waals surface area (Å²) in [7, 11) is -2.06. The van der Waals surface area contributed by atoms with Gasteiger partial charge in [0.2, 0.25) is 10.0 Å². The fraction of sp³-hybridized carbons (Fsp3) is 0.417. The summed E-state index contributed by atoms with van der Waals surface area (Å²) in [6.07, 6.45) is 0.169. The second kappa shape index (κ2) is 5.83. The van der Waals surface area contributed by atoms with Gasteiger partial charge in [0, 0.05) is 17.6 Å². The van der Waals surface area contributed by atoms with Crippen LogP contribution in [0.3, 0.4) is 0 Å². The van der Waals surface area contributed by atoms with Crippen molar-refractivity contribution in [2.75, 3.05) is 7.05 Å². The van der Waals surface area contributed by atoms with Gasteiger partial charge in [-0.05, 0) is 31.5 Å². The molecule has 0 N–H and O–H groups in total. The van der Waals surface area contributed by atoms with Crippen LogP contribution in [0, 0.1) is 18.3 Å². The molecular formula is C12H15BrN2O2S. The number of sulfonamides is 1. The van der Waals surface area contributed by atoms with Gasteiger partial charge in [-0.15, -0.1) is 0 Å². The molecule has 0 aliphatic rings. The van der Waals surface area contributed by atoms with Crippen LogP contribution in [0.4, 0.5) is 0 Å². The summed E-state index contributed by atoms with van der Waals surface area (Å²) in [5.41, 5.74) is 0.974. The Bertz CT molecular complexity index is 578. The molecule has 0 heterocycles. The second-order valence-corrected chi connectivity index (χ2v) is 7.00. The van der Waals surface area contributed by atoms with Crippen molar-refractivity contribution >= 4 is 26.0 Å². The van der Waals surface area contributed by atoms with Gasteiger partial charge in [-0.3, -0.25) is 0 Å². The maximum atomic E-state index is 12.3. The molecule has 4 nitrogen and oxygen atoms in total. The molecule has 0 fully saturated rings. The van der Waals surface area contributed by atoms with Gasteiger partial charge in [0.05, 0.1) is 17.4 Å². The molecule has 0 amide bonds. The first kappa shape index (κ1) is 15.2. The van der Waals surface area contributed by atoms with E-state index < -0.39 is 10.0 Å². The Kier molecular flexibility index (Phi) is 4.91. The second-order valence-electron chi connectivity index (χ2n) is 4.14. The van der Waals surface area contributed by atoms with Gasteiger partial charge in [-0.2, -0.15) is 9.57 Å². The lowest BCUT2D eigenvalue weighted by Crippen LogP contribution is -2.34. The first-order valence-electron chi connectivity index (χ1n) is 5.42. The Hall–Kier alpha value is -0.900. The minimum atomic E-state index is -3.55. The van der Waals surface area contributed by atoms with Crippen LogP contribution in [0.15, 0.2) is 27.6 Å². The summed E-state index contributed by atoms with van der Waals surface area (Å²) in [6, 6.07) is 6.54. The highest BCUT2D eigenvalue weighted by atomic mass is 79.9. The topological polar surface area (TPSA) is 61.2 Å². The van der Waals surface area contributed by atoms with E-state index in [1.54, 1.807) is 25.1 Å². The smallest absolute Gasteiger partial charge is 0.207 e. The van der Waals surface area contributed by atoms with Gasteiger partial charge >= 0.3 is 0 Å². The van der Waals surface area contributed by atoms with Crippen LogP contribution in [-0.4, -0.2) is 25.8 Å². The SMILES string of the molecule is Cc1ccc(S(=O)(=O)N(C)[C@@H](C)CC#N)cc1Br. The van der Waals surface area contributed by atoms with Gasteiger partial charge in [0.1, 0.15) is 0 Å². The highest BCUT2D eigenvalue weighted by Crippen LogP contribution is 2.23. The highest BCUT2D eigenvalue weighted by Gasteiger charge is 2.25. The standard InChI is InChI=1S/C12H15BrN2O2S/c1-9-4-5-11(8-12(9)13)18(16,17)15(3)10(2)6-7-14/h4-5,8,10H,6H2,1-3H3/t10-/m0/s1. The van der Waals surface area contributed by atoms with E-state index in [4.69, 9.17) is 5.26 Å². The van der Waals surface area contributed by atoms with Crippen LogP contribution in [0.5, 0.6) is 0 Å². The van der Waals surface area contributed by atoms with E-state index in [0.29, 0.717) is 0 Å². The number of nitrogens with zero attached hydrogens (tertiary/aromatic N) is 2. The number of hydrogen-bond donors (Lipinski definition) is 0. The maximum absolute atomic E-state index is 12.3. The van der Waals surface area contributed by atoms with E-state index in [-0.39, 0.29) is 17.4 Å². The average Bonchev–Trinajstić information content (AvgIpc) is 2.31. The molecule has 0 unspecified atom stereocenters. The number of aryl methyl sites for hydroxylation is 1. The van der Waals surface area contributed by atoms with Crippen LogP contribution in [-0.2, 0) is 10.0 Å². The van der Waals surface area contributed by atoms with Crippen LogP contribution < -0.4 is 0 Å². The Morgan fingerprint density at radius 2 is 2.11 bits per heavy atom. The van der Waals surface area contributed by atoms with Crippen molar-refractivity contribution in [3.8, 4) is 6.07 Å². The van der Waals surface area contributed by atoms with Gasteiger partial charge in [-0.1, -0.05) is 22.0 Å². The first-order valence-corrected chi connectivity index (χ1v) is 7.65. The first-order chi connectivity index (χ1) is 8.30. The van der Waals surface area contributed by atoms with Crippen molar-refractivity contribution in [3.05, 3.63) is 28.2 Å². The predicted octanol–water partition coefficient (Wildman–Crippen LogP) is 2.68. The van der Waals surface area contributed by atoms with Crippen molar-refractivity contribution in [3.63, 3.8) is 0 Å². The zero-order valence-corrected chi connectivity index (χ0v) is 12.9. The molecule has 1 aromatic rings. The van der Waals surface area contributed by atoms with Gasteiger partial charge in [0.25, 0.3) is 0 Å². The molecule has 1 rings (SSSR count). The van der Waals surface area contributed by atoms with Crippen LogP contribution in [0.1, 0.15) is 18.9 Å². The average molecular weight is 331 g/mol. The molecule has 0 spiro atoms. The maximum Gasteiger partial charge on any atom is 0.243 e. The minimum absolute atomic E-state index is 0.169. The Morgan fingerprint density at radius 1 is 1.50 bits per heavy atom. The van der Waals surface area contributed by atoms with Gasteiger partial charge in [0.15, 0.2) is 0 Å². The molecule has 0 radical (unpaired) electrons. The summed E-state index contributed by atoms with van der Waals surface area (Å²) in [6.45, 7) is 3.60. The number of benzene rings is 1. The lowest BCUT2D eigenvalue weighted by Gasteiger charge is -2.22. The molecule has 0 bridgehead atoms. The number of nitriles is 1. The zero-order chi connectivity index (χ0) is 13.9.